The van der Waals surface area contributed by atoms with Crippen molar-refractivity contribution in [3.63, 3.8) is 0 Å². The van der Waals surface area contributed by atoms with Crippen LogP contribution in [0, 0.1) is 5.92 Å². The Balaban J connectivity index is 3.63. The Morgan fingerprint density at radius 1 is 1.54 bits per heavy atom. The van der Waals surface area contributed by atoms with Gasteiger partial charge in [-0.15, -0.1) is 0 Å². The van der Waals surface area contributed by atoms with Crippen molar-refractivity contribution in [2.75, 3.05) is 19.6 Å². The standard InChI is InChI=1S/C10H20N2O/c1-5-11-7-9(4)10(13)12-6-8(2)3/h9,11H,2,5-7H2,1,3-4H3,(H,12,13). The van der Waals surface area contributed by atoms with Crippen LogP contribution in [0.25, 0.3) is 0 Å². The molecule has 0 bridgehead atoms. The molecule has 3 heteroatoms. The summed E-state index contributed by atoms with van der Waals surface area (Å²) in [6.45, 7) is 11.8. The lowest BCUT2D eigenvalue weighted by atomic mass is 10.1. The Bertz CT molecular complexity index is 178. The SMILES string of the molecule is C=C(C)CNC(=O)C(C)CNCC. The minimum atomic E-state index is 0.0271. The monoisotopic (exact) mass is 184 g/mol. The van der Waals surface area contributed by atoms with Gasteiger partial charge in [0.1, 0.15) is 0 Å². The molecule has 1 amide bonds. The first-order valence-electron chi connectivity index (χ1n) is 4.70. The minimum absolute atomic E-state index is 0.0271. The molecule has 1 unspecified atom stereocenters. The van der Waals surface area contributed by atoms with Crippen molar-refractivity contribution >= 4 is 5.91 Å². The van der Waals surface area contributed by atoms with Crippen LogP contribution in [0.3, 0.4) is 0 Å². The van der Waals surface area contributed by atoms with E-state index in [-0.39, 0.29) is 11.8 Å². The maximum Gasteiger partial charge on any atom is 0.224 e. The van der Waals surface area contributed by atoms with Gasteiger partial charge in [-0.2, -0.15) is 0 Å². The zero-order chi connectivity index (χ0) is 10.3. The van der Waals surface area contributed by atoms with Crippen LogP contribution in [-0.2, 0) is 4.79 Å². The number of rotatable bonds is 6. The molecule has 3 nitrogen and oxygen atoms in total. The third-order valence-corrected chi connectivity index (χ3v) is 1.71. The molecule has 0 fully saturated rings. The first-order valence-corrected chi connectivity index (χ1v) is 4.70. The Morgan fingerprint density at radius 3 is 2.62 bits per heavy atom. The van der Waals surface area contributed by atoms with Crippen molar-refractivity contribution in [1.29, 1.82) is 0 Å². The molecular formula is C10H20N2O. The molecule has 76 valence electrons. The smallest absolute Gasteiger partial charge is 0.224 e. The van der Waals surface area contributed by atoms with Crippen molar-refractivity contribution in [3.8, 4) is 0 Å². The lowest BCUT2D eigenvalue weighted by Gasteiger charge is -2.11. The number of hydrogen-bond donors (Lipinski definition) is 2. The Kier molecular flexibility index (Phi) is 6.24. The maximum atomic E-state index is 11.4. The summed E-state index contributed by atoms with van der Waals surface area (Å²) in [6.07, 6.45) is 0. The van der Waals surface area contributed by atoms with Gasteiger partial charge in [0, 0.05) is 19.0 Å². The van der Waals surface area contributed by atoms with Gasteiger partial charge in [0.25, 0.3) is 0 Å². The Hall–Kier alpha value is -0.830. The van der Waals surface area contributed by atoms with E-state index in [2.05, 4.69) is 17.2 Å². The van der Waals surface area contributed by atoms with Gasteiger partial charge < -0.3 is 10.6 Å². The fourth-order valence-corrected chi connectivity index (χ4v) is 0.866. The van der Waals surface area contributed by atoms with Crippen LogP contribution in [0.2, 0.25) is 0 Å². The lowest BCUT2D eigenvalue weighted by molar-refractivity contribution is -0.124. The van der Waals surface area contributed by atoms with Crippen LogP contribution in [0.1, 0.15) is 20.8 Å². The molecule has 0 aliphatic heterocycles. The molecule has 0 aromatic carbocycles. The molecule has 0 aromatic heterocycles. The van der Waals surface area contributed by atoms with Crippen molar-refractivity contribution < 1.29 is 4.79 Å². The second-order valence-corrected chi connectivity index (χ2v) is 3.38. The molecule has 0 heterocycles. The number of hydrogen-bond acceptors (Lipinski definition) is 2. The van der Waals surface area contributed by atoms with E-state index in [1.807, 2.05) is 20.8 Å². The molecule has 0 saturated carbocycles. The van der Waals surface area contributed by atoms with Crippen LogP contribution < -0.4 is 10.6 Å². The van der Waals surface area contributed by atoms with E-state index in [4.69, 9.17) is 0 Å². The highest BCUT2D eigenvalue weighted by Gasteiger charge is 2.10. The summed E-state index contributed by atoms with van der Waals surface area (Å²) in [5.74, 6) is 0.114. The van der Waals surface area contributed by atoms with Gasteiger partial charge in [-0.3, -0.25) is 4.79 Å². The van der Waals surface area contributed by atoms with Crippen LogP contribution in [0.15, 0.2) is 12.2 Å². The normalized spacial score (nSPS) is 12.2. The van der Waals surface area contributed by atoms with Crippen LogP contribution in [0.4, 0.5) is 0 Å². The van der Waals surface area contributed by atoms with E-state index in [9.17, 15) is 4.79 Å². The summed E-state index contributed by atoms with van der Waals surface area (Å²) in [5, 5.41) is 5.95. The van der Waals surface area contributed by atoms with E-state index in [0.717, 1.165) is 18.7 Å². The molecule has 0 aliphatic rings. The molecule has 0 aliphatic carbocycles. The average molecular weight is 184 g/mol. The summed E-state index contributed by atoms with van der Waals surface area (Å²) in [5.41, 5.74) is 0.976. The van der Waals surface area contributed by atoms with Gasteiger partial charge in [-0.05, 0) is 13.5 Å². The molecule has 0 rings (SSSR count). The number of carbonyl (C=O) groups is 1. The summed E-state index contributed by atoms with van der Waals surface area (Å²) in [7, 11) is 0. The van der Waals surface area contributed by atoms with Crippen molar-refractivity contribution in [3.05, 3.63) is 12.2 Å². The Morgan fingerprint density at radius 2 is 2.15 bits per heavy atom. The average Bonchev–Trinajstić information content (AvgIpc) is 2.10. The number of carbonyl (C=O) groups excluding carboxylic acids is 1. The lowest BCUT2D eigenvalue weighted by Crippen LogP contribution is -2.35. The number of nitrogens with one attached hydrogen (secondary N) is 2. The molecular weight excluding hydrogens is 164 g/mol. The fraction of sp³-hybridized carbons (Fsp3) is 0.700. The van der Waals surface area contributed by atoms with E-state index >= 15 is 0 Å². The van der Waals surface area contributed by atoms with Gasteiger partial charge in [-0.1, -0.05) is 26.0 Å². The highest BCUT2D eigenvalue weighted by Crippen LogP contribution is 1.93. The minimum Gasteiger partial charge on any atom is -0.352 e. The van der Waals surface area contributed by atoms with Gasteiger partial charge in [0.15, 0.2) is 0 Å². The highest BCUT2D eigenvalue weighted by atomic mass is 16.1. The fourth-order valence-electron chi connectivity index (χ4n) is 0.866. The Labute approximate surface area is 80.6 Å². The second kappa shape index (κ2) is 6.66. The molecule has 0 aromatic rings. The van der Waals surface area contributed by atoms with Crippen LogP contribution in [0.5, 0.6) is 0 Å². The first kappa shape index (κ1) is 12.2. The third kappa shape index (κ3) is 6.34. The highest BCUT2D eigenvalue weighted by molar-refractivity contribution is 5.78. The molecule has 0 spiro atoms. The zero-order valence-electron chi connectivity index (χ0n) is 8.81. The van der Waals surface area contributed by atoms with E-state index in [0.29, 0.717) is 6.54 Å². The quantitative estimate of drug-likeness (QED) is 0.603. The van der Waals surface area contributed by atoms with E-state index in [1.165, 1.54) is 0 Å². The van der Waals surface area contributed by atoms with Crippen LogP contribution >= 0.6 is 0 Å². The summed E-state index contributed by atoms with van der Waals surface area (Å²) < 4.78 is 0. The van der Waals surface area contributed by atoms with Gasteiger partial charge >= 0.3 is 0 Å². The molecule has 0 saturated heterocycles. The predicted octanol–water partition coefficient (Wildman–Crippen LogP) is 0.924. The van der Waals surface area contributed by atoms with Crippen molar-refractivity contribution in [1.82, 2.24) is 10.6 Å². The van der Waals surface area contributed by atoms with Gasteiger partial charge in [0.2, 0.25) is 5.91 Å². The topological polar surface area (TPSA) is 41.1 Å². The zero-order valence-corrected chi connectivity index (χ0v) is 8.81. The molecule has 1 atom stereocenters. The third-order valence-electron chi connectivity index (χ3n) is 1.71. The van der Waals surface area contributed by atoms with Gasteiger partial charge in [-0.25, -0.2) is 0 Å². The maximum absolute atomic E-state index is 11.4. The van der Waals surface area contributed by atoms with Gasteiger partial charge in [0.05, 0.1) is 0 Å². The molecule has 13 heavy (non-hydrogen) atoms. The van der Waals surface area contributed by atoms with E-state index in [1.54, 1.807) is 0 Å². The van der Waals surface area contributed by atoms with Crippen molar-refractivity contribution in [2.24, 2.45) is 5.92 Å². The first-order chi connectivity index (χ1) is 6.07. The molecule has 2 N–H and O–H groups in total. The van der Waals surface area contributed by atoms with E-state index < -0.39 is 0 Å². The number of amides is 1. The summed E-state index contributed by atoms with van der Waals surface area (Å²) in [6, 6.07) is 0. The summed E-state index contributed by atoms with van der Waals surface area (Å²) >= 11 is 0. The van der Waals surface area contributed by atoms with Crippen molar-refractivity contribution in [2.45, 2.75) is 20.8 Å². The largest absolute Gasteiger partial charge is 0.352 e. The predicted molar refractivity (Wildman–Crippen MR) is 55.5 cm³/mol. The van der Waals surface area contributed by atoms with Crippen LogP contribution in [-0.4, -0.2) is 25.5 Å². The molecule has 0 radical (unpaired) electrons. The second-order valence-electron chi connectivity index (χ2n) is 3.38. The summed E-state index contributed by atoms with van der Waals surface area (Å²) in [4.78, 5) is 11.4.